The van der Waals surface area contributed by atoms with Crippen molar-refractivity contribution >= 4 is 11.8 Å². The number of aromatic nitrogens is 2. The zero-order valence-electron chi connectivity index (χ0n) is 15.3. The van der Waals surface area contributed by atoms with Crippen LogP contribution in [0.25, 0.3) is 0 Å². The van der Waals surface area contributed by atoms with Crippen molar-refractivity contribution in [3.8, 4) is 0 Å². The highest BCUT2D eigenvalue weighted by molar-refractivity contribution is 5.89. The molecule has 2 amide bonds. The molecule has 4 rings (SSSR count). The van der Waals surface area contributed by atoms with Gasteiger partial charge in [-0.25, -0.2) is 0 Å². The summed E-state index contributed by atoms with van der Waals surface area (Å²) in [5.41, 5.74) is 1.47. The Morgan fingerprint density at radius 2 is 2.00 bits per heavy atom. The topological polar surface area (TPSA) is 58.4 Å². The van der Waals surface area contributed by atoms with E-state index in [2.05, 4.69) is 17.2 Å². The van der Waals surface area contributed by atoms with Crippen molar-refractivity contribution in [3.63, 3.8) is 0 Å². The third kappa shape index (κ3) is 2.69. The number of amides is 2. The highest BCUT2D eigenvalue weighted by Crippen LogP contribution is 2.49. The van der Waals surface area contributed by atoms with Gasteiger partial charge in [0.25, 0.3) is 0 Å². The van der Waals surface area contributed by atoms with E-state index in [4.69, 9.17) is 0 Å². The van der Waals surface area contributed by atoms with Gasteiger partial charge in [0, 0.05) is 45.8 Å². The van der Waals surface area contributed by atoms with E-state index in [0.717, 1.165) is 12.1 Å². The van der Waals surface area contributed by atoms with Gasteiger partial charge >= 0.3 is 0 Å². The Morgan fingerprint density at radius 3 is 2.69 bits per heavy atom. The highest BCUT2D eigenvalue weighted by atomic mass is 16.2. The Bertz CT molecular complexity index is 831. The first-order valence-corrected chi connectivity index (χ1v) is 9.06. The van der Waals surface area contributed by atoms with Gasteiger partial charge in [-0.2, -0.15) is 5.10 Å². The predicted molar refractivity (Wildman–Crippen MR) is 97.4 cm³/mol. The largest absolute Gasteiger partial charge is 0.345 e. The van der Waals surface area contributed by atoms with Crippen LogP contribution in [0.2, 0.25) is 0 Å². The Balaban J connectivity index is 1.56. The van der Waals surface area contributed by atoms with E-state index in [9.17, 15) is 9.59 Å². The van der Waals surface area contributed by atoms with Crippen LogP contribution in [0.5, 0.6) is 0 Å². The molecule has 136 valence electrons. The lowest BCUT2D eigenvalue weighted by molar-refractivity contribution is -0.135. The highest BCUT2D eigenvalue weighted by Gasteiger charge is 2.57. The van der Waals surface area contributed by atoms with Crippen LogP contribution < -0.4 is 0 Å². The van der Waals surface area contributed by atoms with Gasteiger partial charge in [0.2, 0.25) is 11.8 Å². The molecule has 6 nitrogen and oxygen atoms in total. The molecule has 1 aromatic carbocycles. The number of carbonyl (C=O) groups is 2. The molecule has 26 heavy (non-hydrogen) atoms. The maximum Gasteiger partial charge on any atom is 0.231 e. The number of benzene rings is 1. The Labute approximate surface area is 153 Å². The first-order chi connectivity index (χ1) is 12.5. The summed E-state index contributed by atoms with van der Waals surface area (Å²) in [6.45, 7) is 1.85. The zero-order valence-corrected chi connectivity index (χ0v) is 15.3. The fourth-order valence-electron chi connectivity index (χ4n) is 4.50. The lowest BCUT2D eigenvalue weighted by Gasteiger charge is -2.28. The van der Waals surface area contributed by atoms with Gasteiger partial charge in [-0.15, -0.1) is 0 Å². The maximum atomic E-state index is 13.0. The number of nitrogens with zero attached hydrogens (tertiary/aromatic N) is 4. The average molecular weight is 352 g/mol. The first-order valence-electron chi connectivity index (χ1n) is 9.06. The van der Waals surface area contributed by atoms with Crippen molar-refractivity contribution in [3.05, 3.63) is 53.9 Å². The predicted octanol–water partition coefficient (Wildman–Crippen LogP) is 1.44. The molecule has 2 aliphatic rings. The number of hydrogen-bond donors (Lipinski definition) is 0. The second kappa shape index (κ2) is 6.27. The lowest BCUT2D eigenvalue weighted by atomic mass is 9.73. The summed E-state index contributed by atoms with van der Waals surface area (Å²) in [4.78, 5) is 29.4. The van der Waals surface area contributed by atoms with E-state index in [-0.39, 0.29) is 24.2 Å². The van der Waals surface area contributed by atoms with E-state index in [1.807, 2.05) is 54.4 Å². The number of rotatable bonds is 3. The molecule has 6 heteroatoms. The van der Waals surface area contributed by atoms with E-state index in [1.165, 1.54) is 5.56 Å². The molecule has 0 saturated carbocycles. The number of carbonyl (C=O) groups excluding carboxylic acids is 2. The summed E-state index contributed by atoms with van der Waals surface area (Å²) >= 11 is 0. The fraction of sp³-hybridized carbons (Fsp3) is 0.450. The van der Waals surface area contributed by atoms with Crippen molar-refractivity contribution in [1.82, 2.24) is 19.6 Å². The number of hydrogen-bond acceptors (Lipinski definition) is 3. The quantitative estimate of drug-likeness (QED) is 0.840. The molecule has 0 unspecified atom stereocenters. The maximum absolute atomic E-state index is 13.0. The second-order valence-electron chi connectivity index (χ2n) is 7.53. The van der Waals surface area contributed by atoms with Gasteiger partial charge in [-0.3, -0.25) is 14.3 Å². The van der Waals surface area contributed by atoms with Gasteiger partial charge in [0.05, 0.1) is 17.5 Å². The molecule has 2 aromatic rings. The summed E-state index contributed by atoms with van der Waals surface area (Å²) < 4.78 is 1.70. The van der Waals surface area contributed by atoms with Crippen molar-refractivity contribution in [2.24, 2.45) is 12.5 Å². The molecule has 2 fully saturated rings. The molecule has 0 N–H and O–H groups in total. The SMILES string of the molecule is CN1C[C@@H](c2ccccc2)[C@]2(CCN(C(=O)Cc3ccn(C)n3)C2)C1=O. The van der Waals surface area contributed by atoms with Crippen LogP contribution in [0.15, 0.2) is 42.6 Å². The molecule has 3 heterocycles. The Hall–Kier alpha value is -2.63. The van der Waals surface area contributed by atoms with Crippen LogP contribution in [0.1, 0.15) is 23.6 Å². The molecule has 0 aliphatic carbocycles. The molecule has 1 aromatic heterocycles. The van der Waals surface area contributed by atoms with Gasteiger partial charge in [0.1, 0.15) is 0 Å². The van der Waals surface area contributed by atoms with Crippen molar-refractivity contribution in [1.29, 1.82) is 0 Å². The smallest absolute Gasteiger partial charge is 0.231 e. The number of aryl methyl sites for hydroxylation is 1. The second-order valence-corrected chi connectivity index (χ2v) is 7.53. The third-order valence-electron chi connectivity index (χ3n) is 5.85. The third-order valence-corrected chi connectivity index (χ3v) is 5.85. The van der Waals surface area contributed by atoms with Crippen LogP contribution in [0, 0.1) is 5.41 Å². The lowest BCUT2D eigenvalue weighted by Crippen LogP contribution is -2.39. The zero-order chi connectivity index (χ0) is 18.3. The van der Waals surface area contributed by atoms with Crippen LogP contribution in [0.3, 0.4) is 0 Å². The standard InChI is InChI=1S/C20H24N4O2/c1-22-13-17(15-6-4-3-5-7-15)20(19(22)26)9-11-24(14-20)18(25)12-16-8-10-23(2)21-16/h3-8,10,17H,9,11-14H2,1-2H3/t17-,20+/m0/s1. The molecule has 2 aliphatic heterocycles. The Morgan fingerprint density at radius 1 is 1.23 bits per heavy atom. The van der Waals surface area contributed by atoms with Crippen LogP contribution >= 0.6 is 0 Å². The molecular weight excluding hydrogens is 328 g/mol. The molecule has 1 spiro atoms. The average Bonchev–Trinajstić information content (AvgIpc) is 3.32. The number of likely N-dealkylation sites (tertiary alicyclic amines) is 2. The normalized spacial score (nSPS) is 25.5. The fourth-order valence-corrected chi connectivity index (χ4v) is 4.50. The van der Waals surface area contributed by atoms with Gasteiger partial charge in [0.15, 0.2) is 0 Å². The minimum atomic E-state index is -0.490. The first kappa shape index (κ1) is 16.8. The van der Waals surface area contributed by atoms with E-state index in [1.54, 1.807) is 4.68 Å². The van der Waals surface area contributed by atoms with E-state index in [0.29, 0.717) is 19.6 Å². The molecule has 0 radical (unpaired) electrons. The summed E-state index contributed by atoms with van der Waals surface area (Å²) in [6, 6.07) is 12.1. The van der Waals surface area contributed by atoms with E-state index >= 15 is 0 Å². The van der Waals surface area contributed by atoms with Gasteiger partial charge < -0.3 is 9.80 Å². The number of likely N-dealkylation sites (N-methyl/N-ethyl adjacent to an activating group) is 1. The van der Waals surface area contributed by atoms with Gasteiger partial charge in [-0.05, 0) is 18.1 Å². The summed E-state index contributed by atoms with van der Waals surface area (Å²) in [6.07, 6.45) is 2.86. The summed E-state index contributed by atoms with van der Waals surface area (Å²) in [5.74, 6) is 0.350. The van der Waals surface area contributed by atoms with Crippen molar-refractivity contribution < 1.29 is 9.59 Å². The minimum absolute atomic E-state index is 0.0507. The summed E-state index contributed by atoms with van der Waals surface area (Å²) in [5, 5.41) is 4.29. The molecule has 2 saturated heterocycles. The molecular formula is C20H24N4O2. The Kier molecular flexibility index (Phi) is 4.05. The van der Waals surface area contributed by atoms with Crippen LogP contribution in [-0.2, 0) is 23.1 Å². The van der Waals surface area contributed by atoms with E-state index < -0.39 is 5.41 Å². The van der Waals surface area contributed by atoms with Crippen molar-refractivity contribution in [2.45, 2.75) is 18.8 Å². The van der Waals surface area contributed by atoms with Gasteiger partial charge in [-0.1, -0.05) is 30.3 Å². The molecule has 2 atom stereocenters. The van der Waals surface area contributed by atoms with Crippen LogP contribution in [0.4, 0.5) is 0 Å². The summed E-state index contributed by atoms with van der Waals surface area (Å²) in [7, 11) is 3.71. The monoisotopic (exact) mass is 352 g/mol. The minimum Gasteiger partial charge on any atom is -0.345 e. The van der Waals surface area contributed by atoms with Crippen molar-refractivity contribution in [2.75, 3.05) is 26.7 Å². The van der Waals surface area contributed by atoms with Crippen LogP contribution in [-0.4, -0.2) is 58.1 Å². The molecule has 0 bridgehead atoms.